The molecule has 2 aromatic rings. The molecule has 0 saturated heterocycles. The van der Waals surface area contributed by atoms with E-state index in [1.54, 1.807) is 13.0 Å². The van der Waals surface area contributed by atoms with E-state index in [0.29, 0.717) is 11.5 Å². The molecule has 1 aliphatic heterocycles. The highest BCUT2D eigenvalue weighted by Gasteiger charge is 2.25. The molecule has 2 amide bonds. The van der Waals surface area contributed by atoms with Crippen LogP contribution >= 0.6 is 0 Å². The van der Waals surface area contributed by atoms with Crippen LogP contribution in [0.2, 0.25) is 0 Å². The molecule has 0 aromatic heterocycles. The number of nitrogens with zero attached hydrogens (tertiary/aromatic N) is 1. The number of ether oxygens (including phenoxy) is 2. The number of carboxylic acid groups (broad SMARTS) is 1. The highest BCUT2D eigenvalue weighted by Crippen LogP contribution is 2.32. The lowest BCUT2D eigenvalue weighted by Crippen LogP contribution is -2.47. The highest BCUT2D eigenvalue weighted by atomic mass is 16.7. The fourth-order valence-electron chi connectivity index (χ4n) is 2.81. The van der Waals surface area contributed by atoms with Gasteiger partial charge in [0.1, 0.15) is 6.04 Å². The number of hydrogen-bond acceptors (Lipinski definition) is 4. The molecular weight excluding hydrogens is 360 g/mol. The number of fused-ring (bicyclic) bond motifs is 1. The average Bonchev–Trinajstić information content (AvgIpc) is 3.17. The van der Waals surface area contributed by atoms with Gasteiger partial charge in [0, 0.05) is 13.1 Å². The summed E-state index contributed by atoms with van der Waals surface area (Å²) in [5, 5.41) is 12.2. The molecule has 3 rings (SSSR count). The smallest absolute Gasteiger partial charge is 0.408 e. The summed E-state index contributed by atoms with van der Waals surface area (Å²) >= 11 is 0. The number of carbonyl (C=O) groups excluding carboxylic acids is 1. The Hall–Kier alpha value is -3.48. The SMILES string of the molecule is C[C@H](C(=O)NCC=Cc1ccc2c(c1)OCO2)N(Cc1ccccc1)C(=O)O. The van der Waals surface area contributed by atoms with Gasteiger partial charge < -0.3 is 19.9 Å². The lowest BCUT2D eigenvalue weighted by molar-refractivity contribution is -0.125. The summed E-state index contributed by atoms with van der Waals surface area (Å²) in [6.45, 7) is 2.24. The number of hydrogen-bond donors (Lipinski definition) is 2. The van der Waals surface area contributed by atoms with Crippen LogP contribution < -0.4 is 14.8 Å². The minimum absolute atomic E-state index is 0.151. The largest absolute Gasteiger partial charge is 0.465 e. The third-order valence-corrected chi connectivity index (χ3v) is 4.39. The Morgan fingerprint density at radius 1 is 1.18 bits per heavy atom. The Morgan fingerprint density at radius 2 is 1.93 bits per heavy atom. The molecule has 0 spiro atoms. The zero-order valence-corrected chi connectivity index (χ0v) is 15.5. The van der Waals surface area contributed by atoms with Gasteiger partial charge in [-0.2, -0.15) is 0 Å². The summed E-state index contributed by atoms with van der Waals surface area (Å²) in [5.41, 5.74) is 1.75. The highest BCUT2D eigenvalue weighted by molar-refractivity contribution is 5.85. The van der Waals surface area contributed by atoms with Crippen molar-refractivity contribution in [3.8, 4) is 11.5 Å². The Balaban J connectivity index is 1.53. The van der Waals surface area contributed by atoms with Gasteiger partial charge in [0.15, 0.2) is 11.5 Å². The van der Waals surface area contributed by atoms with E-state index >= 15 is 0 Å². The lowest BCUT2D eigenvalue weighted by atomic mass is 10.2. The zero-order valence-electron chi connectivity index (χ0n) is 15.5. The van der Waals surface area contributed by atoms with E-state index in [1.165, 1.54) is 0 Å². The van der Waals surface area contributed by atoms with Crippen molar-refractivity contribution in [3.05, 3.63) is 65.7 Å². The summed E-state index contributed by atoms with van der Waals surface area (Å²) in [4.78, 5) is 25.0. The Morgan fingerprint density at radius 3 is 2.68 bits per heavy atom. The molecule has 1 aliphatic rings. The summed E-state index contributed by atoms with van der Waals surface area (Å²) in [7, 11) is 0. The number of amides is 2. The molecule has 28 heavy (non-hydrogen) atoms. The quantitative estimate of drug-likeness (QED) is 0.768. The number of rotatable bonds is 7. The van der Waals surface area contributed by atoms with Crippen LogP contribution in [0, 0.1) is 0 Å². The summed E-state index contributed by atoms with van der Waals surface area (Å²) < 4.78 is 10.6. The van der Waals surface area contributed by atoms with Crippen molar-refractivity contribution in [2.75, 3.05) is 13.3 Å². The van der Waals surface area contributed by atoms with Crippen molar-refractivity contribution < 1.29 is 24.2 Å². The van der Waals surface area contributed by atoms with Crippen molar-refractivity contribution in [1.29, 1.82) is 0 Å². The third-order valence-electron chi connectivity index (χ3n) is 4.39. The van der Waals surface area contributed by atoms with Crippen molar-refractivity contribution in [2.45, 2.75) is 19.5 Å². The topological polar surface area (TPSA) is 88.1 Å². The van der Waals surface area contributed by atoms with Gasteiger partial charge in [0.2, 0.25) is 12.7 Å². The van der Waals surface area contributed by atoms with Crippen LogP contribution in [0.3, 0.4) is 0 Å². The predicted octanol–water partition coefficient (Wildman–Crippen LogP) is 3.11. The van der Waals surface area contributed by atoms with E-state index in [-0.39, 0.29) is 25.8 Å². The standard InChI is InChI=1S/C21H22N2O5/c1-15(23(21(25)26)13-17-6-3-2-4-7-17)20(24)22-11-5-8-16-9-10-18-19(12-16)28-14-27-18/h2-10,12,15H,11,13-14H2,1H3,(H,22,24)(H,25,26)/t15-/m1/s1. The third kappa shape index (κ3) is 4.82. The van der Waals surface area contributed by atoms with Crippen LogP contribution in [0.1, 0.15) is 18.1 Å². The first-order valence-electron chi connectivity index (χ1n) is 8.92. The van der Waals surface area contributed by atoms with Crippen LogP contribution in [-0.4, -0.2) is 41.4 Å². The molecule has 146 valence electrons. The first kappa shape index (κ1) is 19.3. The van der Waals surface area contributed by atoms with E-state index in [2.05, 4.69) is 5.32 Å². The van der Waals surface area contributed by atoms with Gasteiger partial charge in [0.25, 0.3) is 0 Å². The van der Waals surface area contributed by atoms with Crippen LogP contribution in [-0.2, 0) is 11.3 Å². The monoisotopic (exact) mass is 382 g/mol. The number of nitrogens with one attached hydrogen (secondary N) is 1. The van der Waals surface area contributed by atoms with E-state index in [9.17, 15) is 14.7 Å². The molecule has 2 aromatic carbocycles. The van der Waals surface area contributed by atoms with Crippen molar-refractivity contribution in [1.82, 2.24) is 10.2 Å². The molecule has 7 nitrogen and oxygen atoms in total. The Bertz CT molecular complexity index is 866. The van der Waals surface area contributed by atoms with Gasteiger partial charge in [0.05, 0.1) is 0 Å². The zero-order chi connectivity index (χ0) is 19.9. The fraction of sp³-hybridized carbons (Fsp3) is 0.238. The molecule has 1 atom stereocenters. The van der Waals surface area contributed by atoms with Gasteiger partial charge in [-0.05, 0) is 30.2 Å². The van der Waals surface area contributed by atoms with Crippen molar-refractivity contribution in [2.24, 2.45) is 0 Å². The van der Waals surface area contributed by atoms with Gasteiger partial charge >= 0.3 is 6.09 Å². The van der Waals surface area contributed by atoms with Crippen LogP contribution in [0.4, 0.5) is 4.79 Å². The molecule has 0 fully saturated rings. The van der Waals surface area contributed by atoms with Crippen LogP contribution in [0.15, 0.2) is 54.6 Å². The first-order chi connectivity index (χ1) is 13.5. The van der Waals surface area contributed by atoms with Crippen LogP contribution in [0.5, 0.6) is 11.5 Å². The molecule has 0 bridgehead atoms. The maximum Gasteiger partial charge on any atom is 0.408 e. The molecule has 0 radical (unpaired) electrons. The maximum absolute atomic E-state index is 12.4. The molecular formula is C21H22N2O5. The Kier molecular flexibility index (Phi) is 6.16. The predicted molar refractivity (Wildman–Crippen MR) is 104 cm³/mol. The molecule has 1 heterocycles. The van der Waals surface area contributed by atoms with E-state index < -0.39 is 12.1 Å². The van der Waals surface area contributed by atoms with Gasteiger partial charge in [-0.25, -0.2) is 4.79 Å². The van der Waals surface area contributed by atoms with E-state index in [0.717, 1.165) is 16.0 Å². The van der Waals surface area contributed by atoms with Crippen molar-refractivity contribution in [3.63, 3.8) is 0 Å². The van der Waals surface area contributed by atoms with Crippen LogP contribution in [0.25, 0.3) is 6.08 Å². The molecule has 2 N–H and O–H groups in total. The first-order valence-corrected chi connectivity index (χ1v) is 8.92. The minimum atomic E-state index is -1.14. The number of benzene rings is 2. The Labute approximate surface area is 163 Å². The summed E-state index contributed by atoms with van der Waals surface area (Å²) in [5.74, 6) is 1.05. The summed E-state index contributed by atoms with van der Waals surface area (Å²) in [6, 6.07) is 14.0. The maximum atomic E-state index is 12.4. The fourth-order valence-corrected chi connectivity index (χ4v) is 2.81. The second-order valence-corrected chi connectivity index (χ2v) is 6.33. The van der Waals surface area contributed by atoms with Gasteiger partial charge in [-0.15, -0.1) is 0 Å². The average molecular weight is 382 g/mol. The number of carbonyl (C=O) groups is 2. The second-order valence-electron chi connectivity index (χ2n) is 6.33. The van der Waals surface area contributed by atoms with Gasteiger partial charge in [-0.3, -0.25) is 9.69 Å². The van der Waals surface area contributed by atoms with E-state index in [4.69, 9.17) is 9.47 Å². The molecule has 0 saturated carbocycles. The molecule has 0 aliphatic carbocycles. The molecule has 0 unspecified atom stereocenters. The van der Waals surface area contributed by atoms with E-state index in [1.807, 2.05) is 54.6 Å². The second kappa shape index (κ2) is 8.94. The normalized spacial score (nSPS) is 13.3. The lowest BCUT2D eigenvalue weighted by Gasteiger charge is -2.25. The van der Waals surface area contributed by atoms with Gasteiger partial charge in [-0.1, -0.05) is 48.6 Å². The summed E-state index contributed by atoms with van der Waals surface area (Å²) in [6.07, 6.45) is 2.51. The van der Waals surface area contributed by atoms with Crippen molar-refractivity contribution >= 4 is 18.1 Å². The molecule has 7 heteroatoms. The minimum Gasteiger partial charge on any atom is -0.465 e.